The first-order valence-corrected chi connectivity index (χ1v) is 56.9. The maximum atomic E-state index is 13.0. The van der Waals surface area contributed by atoms with Gasteiger partial charge in [-0.25, -0.2) is 36.0 Å². The Labute approximate surface area is 824 Å². The number of hydrogen-bond donors (Lipinski definition) is 0. The maximum absolute atomic E-state index is 13.0. The van der Waals surface area contributed by atoms with Crippen molar-refractivity contribution in [2.45, 2.75) is 551 Å². The first kappa shape index (κ1) is 125. The first-order valence-electron chi connectivity index (χ1n) is 54.1. The Bertz CT molecular complexity index is 3020. The van der Waals surface area contributed by atoms with E-state index in [4.69, 9.17) is 18.9 Å². The number of rotatable bonds is 94. The number of hydrogen-bond acceptors (Lipinski definition) is 14. The summed E-state index contributed by atoms with van der Waals surface area (Å²) in [5.41, 5.74) is -0.695. The average molecular weight is 1870 g/mol. The van der Waals surface area contributed by atoms with Gasteiger partial charge in [-0.05, 0) is 165 Å². The molecule has 0 saturated heterocycles. The van der Waals surface area contributed by atoms with Crippen molar-refractivity contribution in [3.8, 4) is 0 Å². The predicted molar refractivity (Wildman–Crippen MR) is 544 cm³/mol. The zero-order chi connectivity index (χ0) is 92.9. The molecule has 0 fully saturated rings. The smallest absolute Gasteiger partial charge is 0.744 e. The fraction of sp³-hybridized carbons (Fsp3) is 0.786. The molecule has 0 atom stereocenters. The molecule has 2 aromatic rings. The summed E-state index contributed by atoms with van der Waals surface area (Å²) in [7, 11) is -9.65. The van der Waals surface area contributed by atoms with E-state index >= 15 is 0 Å². The molecule has 17 heteroatoms. The SMILES string of the molecule is CCCCCCCCCCCCCCC/C=C/CCCCCCCOC(=O)c1ccc(S(=O)(=O)[O-])cc1C(=O)OCCCCCCC/C=C/CCCCCCCCCCCCCCC.CCCCCCCCCCCCCCC/C=C/CCCCCCCOC(=O)c1ccc(S(=O)(=O)[O-])cc1C(=O)OCCCCCCC/C=C/CCCCCCCCCCCCCCC.[Ca+2]. The van der Waals surface area contributed by atoms with Crippen molar-refractivity contribution in [2.75, 3.05) is 26.4 Å². The van der Waals surface area contributed by atoms with E-state index in [1.54, 1.807) is 0 Å². The van der Waals surface area contributed by atoms with Crippen molar-refractivity contribution in [2.24, 2.45) is 0 Å². The summed E-state index contributed by atoms with van der Waals surface area (Å²) in [5.74, 6) is -3.11. The predicted octanol–water partition coefficient (Wildman–Crippen LogP) is 34.9. The van der Waals surface area contributed by atoms with E-state index in [9.17, 15) is 45.1 Å². The molecular formula is C112H194CaO14S2. The molecule has 0 radical (unpaired) electrons. The summed E-state index contributed by atoms with van der Waals surface area (Å²) in [6.45, 7) is 9.80. The Morgan fingerprint density at radius 1 is 0.209 bits per heavy atom. The number of unbranched alkanes of at least 4 members (excludes halogenated alkanes) is 72. The average Bonchev–Trinajstić information content (AvgIpc) is 0.812. The van der Waals surface area contributed by atoms with Crippen molar-refractivity contribution in [1.29, 1.82) is 0 Å². The largest absolute Gasteiger partial charge is 2.00 e. The Kier molecular flexibility index (Phi) is 93.3. The van der Waals surface area contributed by atoms with E-state index in [2.05, 4.69) is 76.3 Å². The van der Waals surface area contributed by atoms with Gasteiger partial charge in [0.2, 0.25) is 0 Å². The monoisotopic (exact) mass is 1870 g/mol. The molecule has 0 aliphatic rings. The molecule has 0 bridgehead atoms. The van der Waals surface area contributed by atoms with Gasteiger partial charge >= 0.3 is 61.6 Å². The Hall–Kier alpha value is -3.64. The van der Waals surface area contributed by atoms with Crippen LogP contribution in [0.4, 0.5) is 0 Å². The van der Waals surface area contributed by atoms with E-state index in [1.807, 2.05) is 0 Å². The Morgan fingerprint density at radius 2 is 0.341 bits per heavy atom. The van der Waals surface area contributed by atoms with Crippen LogP contribution in [0.25, 0.3) is 0 Å². The van der Waals surface area contributed by atoms with E-state index in [1.165, 1.54) is 372 Å². The first-order chi connectivity index (χ1) is 62.6. The molecule has 14 nitrogen and oxygen atoms in total. The molecule has 740 valence electrons. The summed E-state index contributed by atoms with van der Waals surface area (Å²) >= 11 is 0. The van der Waals surface area contributed by atoms with Gasteiger partial charge in [0.05, 0.1) is 58.5 Å². The maximum Gasteiger partial charge on any atom is 2.00 e. The molecule has 0 aliphatic carbocycles. The van der Waals surface area contributed by atoms with Gasteiger partial charge in [0.1, 0.15) is 20.2 Å². The van der Waals surface area contributed by atoms with Crippen LogP contribution in [0.3, 0.4) is 0 Å². The second-order valence-corrected chi connectivity index (χ2v) is 39.9. The van der Waals surface area contributed by atoms with E-state index < -0.39 is 53.9 Å². The van der Waals surface area contributed by atoms with E-state index in [-0.39, 0.29) is 86.4 Å². The molecule has 0 N–H and O–H groups in total. The molecule has 0 heterocycles. The minimum Gasteiger partial charge on any atom is -0.744 e. The summed E-state index contributed by atoms with van der Waals surface area (Å²) in [5, 5.41) is 0. The van der Waals surface area contributed by atoms with Crippen LogP contribution in [-0.2, 0) is 39.2 Å². The second-order valence-electron chi connectivity index (χ2n) is 37.1. The Balaban J connectivity index is 0.00000252. The van der Waals surface area contributed by atoms with Crippen LogP contribution in [-0.4, -0.2) is 114 Å². The van der Waals surface area contributed by atoms with E-state index in [0.717, 1.165) is 153 Å². The van der Waals surface area contributed by atoms with E-state index in [0.29, 0.717) is 25.7 Å². The number of ether oxygens (including phenoxy) is 4. The minimum atomic E-state index is -4.83. The van der Waals surface area contributed by atoms with Crippen LogP contribution in [0.5, 0.6) is 0 Å². The van der Waals surface area contributed by atoms with Gasteiger partial charge in [-0.2, -0.15) is 0 Å². The molecule has 0 saturated carbocycles. The van der Waals surface area contributed by atoms with Gasteiger partial charge in [-0.1, -0.05) is 462 Å². The van der Waals surface area contributed by atoms with Crippen molar-refractivity contribution in [3.63, 3.8) is 0 Å². The molecule has 0 aromatic heterocycles. The third-order valence-electron chi connectivity index (χ3n) is 25.0. The van der Waals surface area contributed by atoms with Gasteiger partial charge < -0.3 is 28.1 Å². The normalized spacial score (nSPS) is 11.8. The topological polar surface area (TPSA) is 220 Å². The van der Waals surface area contributed by atoms with Crippen LogP contribution in [0.1, 0.15) is 583 Å². The fourth-order valence-electron chi connectivity index (χ4n) is 16.7. The molecule has 0 unspecified atom stereocenters. The zero-order valence-corrected chi connectivity index (χ0v) is 87.6. The quantitative estimate of drug-likeness (QED) is 0.0150. The molecule has 2 rings (SSSR count). The van der Waals surface area contributed by atoms with Gasteiger partial charge in [-0.3, -0.25) is 0 Å². The Morgan fingerprint density at radius 3 is 0.488 bits per heavy atom. The van der Waals surface area contributed by atoms with Crippen molar-refractivity contribution in [3.05, 3.63) is 107 Å². The zero-order valence-electron chi connectivity index (χ0n) is 83.7. The standard InChI is InChI=1S/2C56H98O7S.Ca/c2*1-3-5-7-9-11-13-15-17-19-21-23-25-27-29-31-33-35-37-39-41-43-45-49-62-55(57)53-48-47-52(64(59,60)61)51-54(53)56(58)63-50-46-44-42-40-38-36-34-32-30-28-26-24-22-20-18-16-14-12-10-8-6-4-2;/h2*31-34,47-48,51H,3-30,35-46,49-50H2,1-2H3,(H,59,60,61);/q;;+2/p-2/b2*33-31+,34-32+;. The van der Waals surface area contributed by atoms with Crippen molar-refractivity contribution in [1.82, 2.24) is 0 Å². The third kappa shape index (κ3) is 82.4. The number of carbonyl (C=O) groups is 4. The summed E-state index contributed by atoms with van der Waals surface area (Å²) in [4.78, 5) is 50.8. The van der Waals surface area contributed by atoms with Crippen LogP contribution >= 0.6 is 0 Å². The summed E-state index contributed by atoms with van der Waals surface area (Å²) < 4.78 is 92.0. The van der Waals surface area contributed by atoms with Gasteiger partial charge in [0.25, 0.3) is 0 Å². The number of benzene rings is 2. The molecule has 0 amide bonds. The number of carbonyl (C=O) groups excluding carboxylic acids is 4. The van der Waals surface area contributed by atoms with Crippen molar-refractivity contribution < 1.29 is 64.1 Å². The van der Waals surface area contributed by atoms with Crippen LogP contribution in [0.15, 0.2) is 94.8 Å². The number of esters is 4. The molecular weight excluding hydrogens is 1670 g/mol. The van der Waals surface area contributed by atoms with Crippen LogP contribution in [0.2, 0.25) is 0 Å². The molecule has 129 heavy (non-hydrogen) atoms. The van der Waals surface area contributed by atoms with Gasteiger partial charge in [0, 0.05) is 0 Å². The molecule has 0 spiro atoms. The van der Waals surface area contributed by atoms with Gasteiger partial charge in [0.15, 0.2) is 0 Å². The summed E-state index contributed by atoms with van der Waals surface area (Å²) in [6.07, 6.45) is 119. The molecule has 2 aromatic carbocycles. The third-order valence-corrected chi connectivity index (χ3v) is 26.7. The summed E-state index contributed by atoms with van der Waals surface area (Å²) in [6, 6.07) is 6.29. The van der Waals surface area contributed by atoms with Gasteiger partial charge in [-0.15, -0.1) is 0 Å². The van der Waals surface area contributed by atoms with Crippen LogP contribution in [0, 0.1) is 0 Å². The fourth-order valence-corrected chi connectivity index (χ4v) is 17.7. The van der Waals surface area contributed by atoms with Crippen LogP contribution < -0.4 is 0 Å². The minimum absolute atomic E-state index is 0. The number of allylic oxidation sites excluding steroid dienone is 8. The van der Waals surface area contributed by atoms with Crippen molar-refractivity contribution >= 4 is 81.9 Å². The second kappa shape index (κ2) is 96.1. The molecule has 0 aliphatic heterocycles.